The molecule has 2 heteroatoms. The first kappa shape index (κ1) is 8.06. The van der Waals surface area contributed by atoms with Crippen molar-refractivity contribution in [1.82, 2.24) is 4.98 Å². The van der Waals surface area contributed by atoms with Gasteiger partial charge in [-0.25, -0.2) is 0 Å². The van der Waals surface area contributed by atoms with Crippen LogP contribution in [-0.4, -0.2) is 4.98 Å². The second-order valence-electron chi connectivity index (χ2n) is 4.14. The van der Waals surface area contributed by atoms with Crippen molar-refractivity contribution >= 4 is 11.6 Å². The van der Waals surface area contributed by atoms with Crippen LogP contribution in [0.4, 0.5) is 0 Å². The fraction of sp³-hybridized carbons (Fsp3) is 0.500. The van der Waals surface area contributed by atoms with Crippen molar-refractivity contribution in [2.24, 2.45) is 5.41 Å². The Balaban J connectivity index is 2.31. The molecule has 0 aromatic carbocycles. The van der Waals surface area contributed by atoms with Crippen LogP contribution in [0.15, 0.2) is 18.5 Å². The standard InChI is InChI=1S/C10H12ClN/c1-10(2)5-8(10)7-6-12-4-3-9(7)11/h3-4,6,8H,5H2,1-2H3. The minimum Gasteiger partial charge on any atom is -0.264 e. The summed E-state index contributed by atoms with van der Waals surface area (Å²) in [7, 11) is 0. The average molecular weight is 182 g/mol. The van der Waals surface area contributed by atoms with E-state index >= 15 is 0 Å². The number of hydrogen-bond acceptors (Lipinski definition) is 1. The number of nitrogens with zero attached hydrogens (tertiary/aromatic N) is 1. The molecule has 0 radical (unpaired) electrons. The van der Waals surface area contributed by atoms with Gasteiger partial charge in [0.25, 0.3) is 0 Å². The van der Waals surface area contributed by atoms with Crippen molar-refractivity contribution in [3.8, 4) is 0 Å². The zero-order valence-electron chi connectivity index (χ0n) is 7.34. The highest BCUT2D eigenvalue weighted by Gasteiger charge is 2.47. The van der Waals surface area contributed by atoms with Crippen LogP contribution in [0.3, 0.4) is 0 Å². The van der Waals surface area contributed by atoms with Crippen LogP contribution >= 0.6 is 11.6 Å². The summed E-state index contributed by atoms with van der Waals surface area (Å²) in [5.74, 6) is 0.624. The zero-order chi connectivity index (χ0) is 8.77. The Morgan fingerprint density at radius 3 is 2.75 bits per heavy atom. The van der Waals surface area contributed by atoms with Crippen LogP contribution in [0.25, 0.3) is 0 Å². The van der Waals surface area contributed by atoms with E-state index in [1.165, 1.54) is 12.0 Å². The summed E-state index contributed by atoms with van der Waals surface area (Å²) in [5, 5.41) is 0.862. The Kier molecular flexibility index (Phi) is 1.65. The lowest BCUT2D eigenvalue weighted by molar-refractivity contribution is 0.621. The third kappa shape index (κ3) is 1.22. The lowest BCUT2D eigenvalue weighted by Gasteiger charge is -2.04. The molecule has 1 fully saturated rings. The predicted octanol–water partition coefficient (Wildman–Crippen LogP) is 3.25. The van der Waals surface area contributed by atoms with Gasteiger partial charge in [-0.2, -0.15) is 0 Å². The lowest BCUT2D eigenvalue weighted by atomic mass is 10.1. The first-order valence-electron chi connectivity index (χ1n) is 4.21. The van der Waals surface area contributed by atoms with Crippen molar-refractivity contribution in [3.05, 3.63) is 29.0 Å². The van der Waals surface area contributed by atoms with Gasteiger partial charge in [0.05, 0.1) is 0 Å². The predicted molar refractivity (Wildman–Crippen MR) is 50.4 cm³/mol. The number of pyridine rings is 1. The molecule has 1 aliphatic rings. The molecule has 1 aliphatic carbocycles. The van der Waals surface area contributed by atoms with E-state index in [0.717, 1.165) is 5.02 Å². The Morgan fingerprint density at radius 2 is 2.25 bits per heavy atom. The largest absolute Gasteiger partial charge is 0.264 e. The third-order valence-electron chi connectivity index (χ3n) is 2.69. The van der Waals surface area contributed by atoms with Crippen LogP contribution in [0.1, 0.15) is 31.7 Å². The number of rotatable bonds is 1. The maximum absolute atomic E-state index is 6.05. The van der Waals surface area contributed by atoms with Crippen molar-refractivity contribution in [3.63, 3.8) is 0 Å². The lowest BCUT2D eigenvalue weighted by Crippen LogP contribution is -1.91. The molecule has 1 aromatic heterocycles. The summed E-state index contributed by atoms with van der Waals surface area (Å²) < 4.78 is 0. The Hall–Kier alpha value is -0.560. The second kappa shape index (κ2) is 2.46. The summed E-state index contributed by atoms with van der Waals surface area (Å²) in [5.41, 5.74) is 1.65. The fourth-order valence-corrected chi connectivity index (χ4v) is 1.88. The summed E-state index contributed by atoms with van der Waals surface area (Å²) in [4.78, 5) is 4.09. The van der Waals surface area contributed by atoms with Crippen LogP contribution in [-0.2, 0) is 0 Å². The molecule has 2 rings (SSSR count). The summed E-state index contributed by atoms with van der Waals surface area (Å²) in [6, 6.07) is 1.87. The van der Waals surface area contributed by atoms with Gasteiger partial charge in [-0.1, -0.05) is 25.4 Å². The van der Waals surface area contributed by atoms with Gasteiger partial charge in [-0.3, -0.25) is 4.98 Å². The number of halogens is 1. The summed E-state index contributed by atoms with van der Waals surface area (Å²) in [6.07, 6.45) is 4.86. The van der Waals surface area contributed by atoms with Gasteiger partial charge >= 0.3 is 0 Å². The Labute approximate surface area is 77.8 Å². The molecule has 0 bridgehead atoms. The molecule has 1 aromatic rings. The fourth-order valence-electron chi connectivity index (χ4n) is 1.64. The number of aromatic nitrogens is 1. The van der Waals surface area contributed by atoms with Gasteiger partial charge < -0.3 is 0 Å². The highest BCUT2D eigenvalue weighted by Crippen LogP contribution is 2.59. The van der Waals surface area contributed by atoms with E-state index < -0.39 is 0 Å². The quantitative estimate of drug-likeness (QED) is 0.648. The molecule has 1 atom stereocenters. The van der Waals surface area contributed by atoms with Crippen LogP contribution in [0, 0.1) is 5.41 Å². The molecule has 0 aliphatic heterocycles. The van der Waals surface area contributed by atoms with Gasteiger partial charge in [0.2, 0.25) is 0 Å². The molecule has 1 nitrogen and oxygen atoms in total. The van der Waals surface area contributed by atoms with Crippen LogP contribution in [0.2, 0.25) is 5.02 Å². The van der Waals surface area contributed by atoms with Crippen molar-refractivity contribution in [2.45, 2.75) is 26.2 Å². The van der Waals surface area contributed by atoms with E-state index in [-0.39, 0.29) is 0 Å². The van der Waals surface area contributed by atoms with Gasteiger partial charge in [-0.15, -0.1) is 0 Å². The third-order valence-corrected chi connectivity index (χ3v) is 3.03. The van der Waals surface area contributed by atoms with Gasteiger partial charge in [-0.05, 0) is 29.4 Å². The van der Waals surface area contributed by atoms with Gasteiger partial charge in [0.1, 0.15) is 0 Å². The van der Waals surface area contributed by atoms with Crippen LogP contribution < -0.4 is 0 Å². The van der Waals surface area contributed by atoms with E-state index in [2.05, 4.69) is 18.8 Å². The summed E-state index contributed by atoms with van der Waals surface area (Å²) in [6.45, 7) is 4.53. The van der Waals surface area contributed by atoms with Gasteiger partial charge in [0, 0.05) is 17.4 Å². The first-order chi connectivity index (χ1) is 5.61. The first-order valence-corrected chi connectivity index (χ1v) is 4.58. The molecular weight excluding hydrogens is 170 g/mol. The molecule has 0 amide bonds. The Bertz CT molecular complexity index is 306. The topological polar surface area (TPSA) is 12.9 Å². The second-order valence-corrected chi connectivity index (χ2v) is 4.55. The molecule has 1 heterocycles. The molecule has 1 unspecified atom stereocenters. The minimum atomic E-state index is 0.437. The SMILES string of the molecule is CC1(C)CC1c1cnccc1Cl. The average Bonchev–Trinajstić information content (AvgIpc) is 2.61. The monoisotopic (exact) mass is 181 g/mol. The smallest absolute Gasteiger partial charge is 0.0471 e. The Morgan fingerprint density at radius 1 is 1.58 bits per heavy atom. The number of hydrogen-bond donors (Lipinski definition) is 0. The molecule has 0 N–H and O–H groups in total. The van der Waals surface area contributed by atoms with E-state index in [1.54, 1.807) is 6.20 Å². The normalized spacial score (nSPS) is 25.4. The van der Waals surface area contributed by atoms with Crippen molar-refractivity contribution in [1.29, 1.82) is 0 Å². The summed E-state index contributed by atoms with van der Waals surface area (Å²) >= 11 is 6.05. The van der Waals surface area contributed by atoms with Crippen LogP contribution in [0.5, 0.6) is 0 Å². The van der Waals surface area contributed by atoms with Crippen molar-refractivity contribution < 1.29 is 0 Å². The van der Waals surface area contributed by atoms with E-state index in [9.17, 15) is 0 Å². The maximum atomic E-state index is 6.05. The molecule has 0 spiro atoms. The zero-order valence-corrected chi connectivity index (χ0v) is 8.10. The molecular formula is C10H12ClN. The molecule has 64 valence electrons. The van der Waals surface area contributed by atoms with Crippen molar-refractivity contribution in [2.75, 3.05) is 0 Å². The van der Waals surface area contributed by atoms with Gasteiger partial charge in [0.15, 0.2) is 0 Å². The van der Waals surface area contributed by atoms with E-state index in [0.29, 0.717) is 11.3 Å². The highest BCUT2D eigenvalue weighted by molar-refractivity contribution is 6.31. The van der Waals surface area contributed by atoms with E-state index in [1.807, 2.05) is 12.3 Å². The maximum Gasteiger partial charge on any atom is 0.0471 e. The van der Waals surface area contributed by atoms with E-state index in [4.69, 9.17) is 11.6 Å². The molecule has 12 heavy (non-hydrogen) atoms. The minimum absolute atomic E-state index is 0.437. The highest BCUT2D eigenvalue weighted by atomic mass is 35.5. The molecule has 0 saturated heterocycles. The molecule has 1 saturated carbocycles.